The Morgan fingerprint density at radius 2 is 1.07 bits per heavy atom. The molecule has 6 nitrogen and oxygen atoms in total. The first kappa shape index (κ1) is 21.7. The summed E-state index contributed by atoms with van der Waals surface area (Å²) in [5.74, 6) is -0.693. The molecule has 0 saturated carbocycles. The number of halogens is 2. The number of aryl methyl sites for hydroxylation is 1. The molecule has 0 amide bonds. The van der Waals surface area contributed by atoms with E-state index in [1.54, 1.807) is 24.3 Å². The first-order valence-corrected chi connectivity index (χ1v) is 11.2. The fourth-order valence-electron chi connectivity index (χ4n) is 3.12. The zero-order valence-corrected chi connectivity index (χ0v) is 17.2. The summed E-state index contributed by atoms with van der Waals surface area (Å²) in [6, 6.07) is 19.2. The third kappa shape index (κ3) is 5.77. The summed E-state index contributed by atoms with van der Waals surface area (Å²) in [5.41, 5.74) is 3.37. The fraction of sp³-hybridized carbons (Fsp3) is 0.100. The van der Waals surface area contributed by atoms with E-state index in [0.717, 1.165) is 22.3 Å². The van der Waals surface area contributed by atoms with E-state index in [2.05, 4.69) is 8.37 Å². The van der Waals surface area contributed by atoms with Crippen LogP contribution >= 0.6 is 0 Å². The van der Waals surface area contributed by atoms with Crippen molar-refractivity contribution in [2.24, 2.45) is 0 Å². The number of hydrogen-bond acceptors (Lipinski definition) is 6. The van der Waals surface area contributed by atoms with Crippen LogP contribution in [0.3, 0.4) is 0 Å². The van der Waals surface area contributed by atoms with E-state index in [1.165, 1.54) is 24.3 Å². The van der Waals surface area contributed by atoms with E-state index in [0.29, 0.717) is 0 Å². The average Bonchev–Trinajstić information content (AvgIpc) is 2.64. The van der Waals surface area contributed by atoms with Crippen molar-refractivity contribution in [3.63, 3.8) is 0 Å². The zero-order chi connectivity index (χ0) is 21.9. The summed E-state index contributed by atoms with van der Waals surface area (Å²) < 4.78 is 76.6. The molecule has 0 aliphatic heterocycles. The molecule has 3 rings (SSSR count). The molecule has 0 aromatic heterocycles. The number of benzene rings is 3. The molecule has 158 valence electrons. The van der Waals surface area contributed by atoms with Gasteiger partial charge in [0.25, 0.3) is 0 Å². The molecule has 0 bridgehead atoms. The Labute approximate surface area is 173 Å². The monoisotopic (exact) mass is 454 g/mol. The lowest BCUT2D eigenvalue weighted by atomic mass is 9.83. The van der Waals surface area contributed by atoms with Crippen molar-refractivity contribution in [3.8, 4) is 11.5 Å². The van der Waals surface area contributed by atoms with Crippen LogP contribution in [0.25, 0.3) is 0 Å². The highest BCUT2D eigenvalue weighted by atomic mass is 32.3. The van der Waals surface area contributed by atoms with Crippen LogP contribution in [0.1, 0.15) is 28.2 Å². The standard InChI is InChI=1S/C20H16F2O6S2/c1-14-4-2-3-5-19(14)20(15-6-10-17(11-7-15)27-29(21,23)24)16-8-12-18(13-9-16)28-30(22,25)26/h2-13,20H,1H3. The van der Waals surface area contributed by atoms with Crippen LogP contribution in [0.5, 0.6) is 11.5 Å². The molecule has 30 heavy (non-hydrogen) atoms. The molecule has 0 unspecified atom stereocenters. The molecule has 0 radical (unpaired) electrons. The normalized spacial score (nSPS) is 12.0. The van der Waals surface area contributed by atoms with Crippen LogP contribution in [-0.4, -0.2) is 16.8 Å². The molecule has 0 aliphatic rings. The maximum atomic E-state index is 12.7. The van der Waals surface area contributed by atoms with Gasteiger partial charge in [0.2, 0.25) is 0 Å². The third-order valence-corrected chi connectivity index (χ3v) is 5.10. The molecule has 3 aromatic rings. The largest absolute Gasteiger partial charge is 0.488 e. The summed E-state index contributed by atoms with van der Waals surface area (Å²) >= 11 is 0. The smallest absolute Gasteiger partial charge is 0.358 e. The van der Waals surface area contributed by atoms with Crippen LogP contribution in [0.2, 0.25) is 0 Å². The minimum absolute atomic E-state index is 0.179. The average molecular weight is 454 g/mol. The van der Waals surface area contributed by atoms with Crippen LogP contribution in [-0.2, 0) is 21.0 Å². The van der Waals surface area contributed by atoms with Crippen molar-refractivity contribution in [2.75, 3.05) is 0 Å². The van der Waals surface area contributed by atoms with Crippen LogP contribution in [0.15, 0.2) is 72.8 Å². The first-order chi connectivity index (χ1) is 14.0. The van der Waals surface area contributed by atoms with E-state index in [4.69, 9.17) is 0 Å². The number of hydrogen-bond donors (Lipinski definition) is 0. The van der Waals surface area contributed by atoms with Crippen LogP contribution < -0.4 is 8.37 Å². The molecule has 0 heterocycles. The topological polar surface area (TPSA) is 86.7 Å². The van der Waals surface area contributed by atoms with E-state index < -0.39 is 21.0 Å². The number of rotatable bonds is 7. The summed E-state index contributed by atoms with van der Waals surface area (Å²) in [6.45, 7) is 1.92. The molecule has 0 N–H and O–H groups in total. The van der Waals surface area contributed by atoms with E-state index in [9.17, 15) is 24.6 Å². The maximum absolute atomic E-state index is 12.7. The van der Waals surface area contributed by atoms with Crippen molar-refractivity contribution < 1.29 is 33.0 Å². The highest BCUT2D eigenvalue weighted by Gasteiger charge is 2.20. The van der Waals surface area contributed by atoms with Gasteiger partial charge in [0, 0.05) is 5.92 Å². The second kappa shape index (κ2) is 8.41. The Balaban J connectivity index is 2.03. The van der Waals surface area contributed by atoms with Gasteiger partial charge in [-0.05, 0) is 53.4 Å². The van der Waals surface area contributed by atoms with Crippen molar-refractivity contribution in [2.45, 2.75) is 12.8 Å². The Morgan fingerprint density at radius 3 is 1.43 bits per heavy atom. The first-order valence-electron chi connectivity index (χ1n) is 8.55. The molecule has 0 spiro atoms. The molecular weight excluding hydrogens is 438 g/mol. The minimum atomic E-state index is -5.13. The predicted octanol–water partition coefficient (Wildman–Crippen LogP) is 4.36. The SMILES string of the molecule is Cc1ccccc1C(c1ccc(OS(=O)(=O)F)cc1)c1ccc(OS(=O)(=O)F)cc1. The summed E-state index contributed by atoms with van der Waals surface area (Å²) in [4.78, 5) is 0. The molecule has 10 heteroatoms. The molecule has 0 fully saturated rings. The van der Waals surface area contributed by atoms with E-state index >= 15 is 0 Å². The van der Waals surface area contributed by atoms with Gasteiger partial charge in [-0.3, -0.25) is 0 Å². The lowest BCUT2D eigenvalue weighted by Gasteiger charge is -2.21. The molecular formula is C20H16F2O6S2. The highest BCUT2D eigenvalue weighted by molar-refractivity contribution is 7.82. The van der Waals surface area contributed by atoms with Crippen molar-refractivity contribution in [3.05, 3.63) is 95.1 Å². The van der Waals surface area contributed by atoms with Gasteiger partial charge in [0.05, 0.1) is 0 Å². The van der Waals surface area contributed by atoms with Gasteiger partial charge in [-0.2, -0.15) is 16.8 Å². The Kier molecular flexibility index (Phi) is 6.09. The lowest BCUT2D eigenvalue weighted by Crippen LogP contribution is -2.07. The van der Waals surface area contributed by atoms with Crippen molar-refractivity contribution in [1.82, 2.24) is 0 Å². The highest BCUT2D eigenvalue weighted by Crippen LogP contribution is 2.35. The zero-order valence-electron chi connectivity index (χ0n) is 15.5. The molecule has 0 aliphatic carbocycles. The Bertz CT molecular complexity index is 1160. The van der Waals surface area contributed by atoms with Crippen molar-refractivity contribution >= 4 is 21.0 Å². The molecule has 0 atom stereocenters. The Hall–Kier alpha value is -2.98. The second-order valence-corrected chi connectivity index (χ2v) is 8.29. The minimum Gasteiger partial charge on any atom is -0.358 e. The van der Waals surface area contributed by atoms with E-state index in [-0.39, 0.29) is 17.4 Å². The van der Waals surface area contributed by atoms with Gasteiger partial charge >= 0.3 is 21.0 Å². The van der Waals surface area contributed by atoms with Gasteiger partial charge in [-0.1, -0.05) is 56.3 Å². The van der Waals surface area contributed by atoms with Gasteiger partial charge in [-0.15, -0.1) is 0 Å². The summed E-state index contributed by atoms with van der Waals surface area (Å²) in [6.07, 6.45) is 0. The fourth-order valence-corrected chi connectivity index (χ4v) is 3.81. The Morgan fingerprint density at radius 1 is 0.667 bits per heavy atom. The van der Waals surface area contributed by atoms with Crippen molar-refractivity contribution in [1.29, 1.82) is 0 Å². The van der Waals surface area contributed by atoms with Gasteiger partial charge in [0.15, 0.2) is 0 Å². The van der Waals surface area contributed by atoms with Gasteiger partial charge in [0.1, 0.15) is 11.5 Å². The van der Waals surface area contributed by atoms with Gasteiger partial charge in [-0.25, -0.2) is 0 Å². The third-order valence-electron chi connectivity index (χ3n) is 4.32. The van der Waals surface area contributed by atoms with Gasteiger partial charge < -0.3 is 8.37 Å². The molecule has 0 saturated heterocycles. The van der Waals surface area contributed by atoms with Crippen LogP contribution in [0, 0.1) is 6.92 Å². The van der Waals surface area contributed by atoms with Crippen LogP contribution in [0.4, 0.5) is 7.77 Å². The quantitative estimate of drug-likeness (QED) is 0.389. The molecule has 3 aromatic carbocycles. The predicted molar refractivity (Wildman–Crippen MR) is 106 cm³/mol. The second-order valence-electron chi connectivity index (χ2n) is 6.38. The summed E-state index contributed by atoms with van der Waals surface area (Å²) in [5, 5.41) is 0. The summed E-state index contributed by atoms with van der Waals surface area (Å²) in [7, 11) is -10.3. The maximum Gasteiger partial charge on any atom is 0.488 e. The van der Waals surface area contributed by atoms with E-state index in [1.807, 2.05) is 31.2 Å². The lowest BCUT2D eigenvalue weighted by molar-refractivity contribution is 0.438.